The molecule has 1 atom stereocenters. The Hall–Kier alpha value is -3.91. The lowest BCUT2D eigenvalue weighted by Crippen LogP contribution is -2.57. The van der Waals surface area contributed by atoms with Gasteiger partial charge in [0.05, 0.1) is 23.9 Å². The number of aliphatic hydroxyl groups is 1. The van der Waals surface area contributed by atoms with Crippen LogP contribution >= 0.6 is 0 Å². The Morgan fingerprint density at radius 1 is 1.05 bits per heavy atom. The third-order valence-electron chi connectivity index (χ3n) is 6.47. The van der Waals surface area contributed by atoms with Gasteiger partial charge in [-0.3, -0.25) is 9.62 Å². The number of hydrogen-bond acceptors (Lipinski definition) is 8. The maximum Gasteiger partial charge on any atom is 0.418 e. The van der Waals surface area contributed by atoms with E-state index in [0.717, 1.165) is 12.1 Å². The molecule has 0 aliphatic carbocycles. The molecule has 226 valence electrons. The molecule has 0 saturated carbocycles. The Balaban J connectivity index is 1.58. The third kappa shape index (κ3) is 7.10. The number of benzene rings is 1. The summed E-state index contributed by atoms with van der Waals surface area (Å²) < 4.78 is 75.5. The van der Waals surface area contributed by atoms with E-state index in [4.69, 9.17) is 4.74 Å². The number of pyridine rings is 2. The zero-order chi connectivity index (χ0) is 30.9. The Labute approximate surface area is 242 Å². The van der Waals surface area contributed by atoms with Gasteiger partial charge in [-0.25, -0.2) is 14.8 Å². The summed E-state index contributed by atoms with van der Waals surface area (Å²) in [6.07, 6.45) is -5.28. The Morgan fingerprint density at radius 2 is 1.76 bits per heavy atom. The van der Waals surface area contributed by atoms with Crippen LogP contribution in [0.3, 0.4) is 0 Å². The van der Waals surface area contributed by atoms with Crippen molar-refractivity contribution in [3.63, 3.8) is 0 Å². The van der Waals surface area contributed by atoms with Gasteiger partial charge in [-0.05, 0) is 57.5 Å². The topological polar surface area (TPSA) is 125 Å². The van der Waals surface area contributed by atoms with Gasteiger partial charge in [-0.15, -0.1) is 0 Å². The van der Waals surface area contributed by atoms with E-state index in [1.165, 1.54) is 23.1 Å². The van der Waals surface area contributed by atoms with Gasteiger partial charge in [0.15, 0.2) is 5.03 Å². The largest absolute Gasteiger partial charge is 0.444 e. The molecule has 4 rings (SSSR count). The summed E-state index contributed by atoms with van der Waals surface area (Å²) in [6, 6.07) is 11.8. The molecule has 10 nitrogen and oxygen atoms in total. The average Bonchev–Trinajstić information content (AvgIpc) is 2.91. The number of halogens is 3. The van der Waals surface area contributed by atoms with Crippen molar-refractivity contribution in [2.75, 3.05) is 35.9 Å². The molecule has 1 fully saturated rings. The van der Waals surface area contributed by atoms with Gasteiger partial charge in [0.1, 0.15) is 17.2 Å². The number of hydrogen-bond donors (Lipinski definition) is 2. The molecule has 1 amide bonds. The molecule has 1 saturated heterocycles. The number of amides is 1. The smallest absolute Gasteiger partial charge is 0.418 e. The van der Waals surface area contributed by atoms with Crippen molar-refractivity contribution in [2.45, 2.75) is 50.5 Å². The second-order valence-corrected chi connectivity index (χ2v) is 12.4. The van der Waals surface area contributed by atoms with Crippen molar-refractivity contribution in [3.05, 3.63) is 65.7 Å². The number of rotatable bonds is 6. The predicted molar refractivity (Wildman–Crippen MR) is 150 cm³/mol. The second-order valence-electron chi connectivity index (χ2n) is 10.8. The summed E-state index contributed by atoms with van der Waals surface area (Å²) in [6.45, 7) is 7.17. The third-order valence-corrected chi connectivity index (χ3v) is 7.73. The number of nitrogens with one attached hydrogen (secondary N) is 1. The van der Waals surface area contributed by atoms with E-state index < -0.39 is 45.2 Å². The minimum absolute atomic E-state index is 0.167. The van der Waals surface area contributed by atoms with Crippen molar-refractivity contribution in [2.24, 2.45) is 0 Å². The van der Waals surface area contributed by atoms with Gasteiger partial charge in [0, 0.05) is 25.2 Å². The number of ether oxygens (including phenoxy) is 1. The van der Waals surface area contributed by atoms with Crippen LogP contribution in [0.4, 0.5) is 29.6 Å². The van der Waals surface area contributed by atoms with Crippen molar-refractivity contribution in [1.29, 1.82) is 0 Å². The van der Waals surface area contributed by atoms with Gasteiger partial charge in [-0.1, -0.05) is 30.3 Å². The number of nitrogens with zero attached hydrogens (tertiary/aromatic N) is 4. The van der Waals surface area contributed by atoms with E-state index in [2.05, 4.69) is 14.7 Å². The minimum Gasteiger partial charge on any atom is -0.444 e. The Kier molecular flexibility index (Phi) is 8.69. The average molecular weight is 608 g/mol. The number of sulfonamides is 1. The molecule has 2 aromatic heterocycles. The first-order chi connectivity index (χ1) is 19.6. The number of alkyl halides is 3. The second kappa shape index (κ2) is 11.8. The first-order valence-corrected chi connectivity index (χ1v) is 14.6. The number of anilines is 2. The number of piperazine rings is 1. The quantitative estimate of drug-likeness (QED) is 0.414. The SMILES string of the molecule is Cc1ccccc1-c1nc(NS(=O)(=O)c2cccc(N3CCN(C(=O)OC(C)(C)C)[C@@H](CO)C3)n2)ccc1C(F)(F)F. The van der Waals surface area contributed by atoms with Gasteiger partial charge >= 0.3 is 12.3 Å². The predicted octanol–water partition coefficient (Wildman–Crippen LogP) is 4.69. The Bertz CT molecular complexity index is 1560. The number of aromatic nitrogens is 2. The summed E-state index contributed by atoms with van der Waals surface area (Å²) in [7, 11) is -4.36. The molecular formula is C28H32F3N5O5S. The molecule has 3 aromatic rings. The van der Waals surface area contributed by atoms with Crippen LogP contribution in [0.15, 0.2) is 59.6 Å². The molecule has 0 bridgehead atoms. The van der Waals surface area contributed by atoms with E-state index in [-0.39, 0.29) is 41.9 Å². The number of aryl methyl sites for hydroxylation is 1. The van der Waals surface area contributed by atoms with Crippen LogP contribution in [0.25, 0.3) is 11.3 Å². The molecule has 0 spiro atoms. The van der Waals surface area contributed by atoms with Crippen molar-refractivity contribution < 1.29 is 36.2 Å². The first-order valence-electron chi connectivity index (χ1n) is 13.1. The summed E-state index contributed by atoms with van der Waals surface area (Å²) in [5.74, 6) is -0.0269. The van der Waals surface area contributed by atoms with Crippen molar-refractivity contribution in [1.82, 2.24) is 14.9 Å². The summed E-state index contributed by atoms with van der Waals surface area (Å²) in [5.41, 5.74) is -1.36. The van der Waals surface area contributed by atoms with Crippen LogP contribution in [0.2, 0.25) is 0 Å². The van der Waals surface area contributed by atoms with Crippen LogP contribution < -0.4 is 9.62 Å². The fourth-order valence-electron chi connectivity index (χ4n) is 4.49. The first kappa shape index (κ1) is 31.0. The highest BCUT2D eigenvalue weighted by atomic mass is 32.2. The van der Waals surface area contributed by atoms with Crippen LogP contribution in [0.5, 0.6) is 0 Å². The molecule has 42 heavy (non-hydrogen) atoms. The molecule has 1 aliphatic heterocycles. The van der Waals surface area contributed by atoms with Crippen LogP contribution in [0.1, 0.15) is 31.9 Å². The summed E-state index contributed by atoms with van der Waals surface area (Å²) in [4.78, 5) is 24.1. The monoisotopic (exact) mass is 607 g/mol. The zero-order valence-electron chi connectivity index (χ0n) is 23.5. The van der Waals surface area contributed by atoms with Crippen molar-refractivity contribution >= 4 is 27.8 Å². The Morgan fingerprint density at radius 3 is 2.40 bits per heavy atom. The number of aliphatic hydroxyl groups excluding tert-OH is 1. The lowest BCUT2D eigenvalue weighted by molar-refractivity contribution is -0.137. The highest BCUT2D eigenvalue weighted by Gasteiger charge is 2.36. The van der Waals surface area contributed by atoms with Crippen molar-refractivity contribution in [3.8, 4) is 11.3 Å². The minimum atomic E-state index is -4.71. The summed E-state index contributed by atoms with van der Waals surface area (Å²) in [5, 5.41) is 9.55. The molecule has 3 heterocycles. The normalized spacial score (nSPS) is 16.3. The van der Waals surface area contributed by atoms with E-state index in [1.807, 2.05) is 0 Å². The van der Waals surface area contributed by atoms with Gasteiger partial charge in [0.25, 0.3) is 10.0 Å². The number of carbonyl (C=O) groups is 1. The maximum absolute atomic E-state index is 13.8. The molecular weight excluding hydrogens is 575 g/mol. The lowest BCUT2D eigenvalue weighted by atomic mass is 10.0. The van der Waals surface area contributed by atoms with Gasteiger partial charge in [-0.2, -0.15) is 21.6 Å². The molecule has 1 aromatic carbocycles. The zero-order valence-corrected chi connectivity index (χ0v) is 24.3. The lowest BCUT2D eigenvalue weighted by Gasteiger charge is -2.41. The van der Waals surface area contributed by atoms with Crippen LogP contribution in [-0.2, 0) is 20.9 Å². The van der Waals surface area contributed by atoms with Crippen LogP contribution in [0, 0.1) is 6.92 Å². The highest BCUT2D eigenvalue weighted by molar-refractivity contribution is 7.92. The fourth-order valence-corrected chi connectivity index (χ4v) is 5.45. The van der Waals surface area contributed by atoms with E-state index in [1.54, 1.807) is 56.9 Å². The van der Waals surface area contributed by atoms with E-state index >= 15 is 0 Å². The number of carbonyl (C=O) groups excluding carboxylic acids is 1. The fraction of sp³-hybridized carbons (Fsp3) is 0.393. The molecule has 1 aliphatic rings. The summed E-state index contributed by atoms with van der Waals surface area (Å²) >= 11 is 0. The molecule has 0 unspecified atom stereocenters. The standard InChI is InChI=1S/C28H32F3N5O5S/c1-18-8-5-6-9-20(18)25-21(28(29,30)31)12-13-22(32-25)34-42(39,40)24-11-7-10-23(33-24)35-14-15-36(19(16-35)17-37)26(38)41-27(2,3)4/h5-13,19,37H,14-17H2,1-4H3,(H,32,34)/t19-/m1/s1. The van der Waals surface area contributed by atoms with E-state index in [0.29, 0.717) is 12.1 Å². The van der Waals surface area contributed by atoms with Crippen LogP contribution in [-0.4, -0.2) is 72.4 Å². The maximum atomic E-state index is 13.8. The highest BCUT2D eigenvalue weighted by Crippen LogP contribution is 2.38. The molecule has 14 heteroatoms. The van der Waals surface area contributed by atoms with Gasteiger partial charge < -0.3 is 14.7 Å². The molecule has 2 N–H and O–H groups in total. The van der Waals surface area contributed by atoms with E-state index in [9.17, 15) is 31.5 Å². The molecule has 0 radical (unpaired) electrons. The van der Waals surface area contributed by atoms with Gasteiger partial charge in [0.2, 0.25) is 0 Å².